The molecule has 0 spiro atoms. The van der Waals surface area contributed by atoms with Gasteiger partial charge in [0.15, 0.2) is 0 Å². The SMILES string of the molecule is CCCCCCCC(C(N)=O)C(=O)C(=O)C(CCCCCCC)C(N)=O. The number of amides is 2. The second-order valence-corrected chi connectivity index (χ2v) is 7.04. The molecule has 0 aromatic rings. The molecule has 0 aromatic carbocycles. The maximum absolute atomic E-state index is 12.4. The lowest BCUT2D eigenvalue weighted by Crippen LogP contribution is -2.41. The molecule has 150 valence electrons. The van der Waals surface area contributed by atoms with Crippen LogP contribution in [0.15, 0.2) is 0 Å². The van der Waals surface area contributed by atoms with Crippen LogP contribution in [0.1, 0.15) is 90.9 Å². The van der Waals surface area contributed by atoms with E-state index in [4.69, 9.17) is 11.5 Å². The van der Waals surface area contributed by atoms with E-state index in [0.29, 0.717) is 12.8 Å². The minimum atomic E-state index is -1.15. The van der Waals surface area contributed by atoms with Gasteiger partial charge in [0.1, 0.15) is 11.8 Å². The van der Waals surface area contributed by atoms with Crippen LogP contribution < -0.4 is 11.5 Å². The van der Waals surface area contributed by atoms with E-state index in [1.165, 1.54) is 0 Å². The average Bonchev–Trinajstić information content (AvgIpc) is 2.59. The van der Waals surface area contributed by atoms with Crippen molar-refractivity contribution < 1.29 is 19.2 Å². The number of carbonyl (C=O) groups is 4. The fourth-order valence-corrected chi connectivity index (χ4v) is 3.05. The predicted octanol–water partition coefficient (Wildman–Crippen LogP) is 3.05. The van der Waals surface area contributed by atoms with Gasteiger partial charge >= 0.3 is 0 Å². The summed E-state index contributed by atoms with van der Waals surface area (Å²) in [6.45, 7) is 4.20. The maximum atomic E-state index is 12.4. The molecule has 0 aliphatic carbocycles. The Morgan fingerprint density at radius 2 is 0.885 bits per heavy atom. The molecule has 6 nitrogen and oxygen atoms in total. The third-order valence-corrected chi connectivity index (χ3v) is 4.76. The lowest BCUT2D eigenvalue weighted by Gasteiger charge is -2.16. The van der Waals surface area contributed by atoms with Gasteiger partial charge in [0, 0.05) is 0 Å². The number of unbranched alkanes of at least 4 members (excludes halogenated alkanes) is 8. The Morgan fingerprint density at radius 3 is 1.15 bits per heavy atom. The fraction of sp³-hybridized carbons (Fsp3) is 0.800. The molecule has 0 fully saturated rings. The first kappa shape index (κ1) is 24.3. The van der Waals surface area contributed by atoms with Crippen LogP contribution in [0.5, 0.6) is 0 Å². The molecule has 0 saturated heterocycles. The van der Waals surface area contributed by atoms with E-state index < -0.39 is 35.2 Å². The molecule has 2 unspecified atom stereocenters. The second-order valence-electron chi connectivity index (χ2n) is 7.04. The molecule has 0 aliphatic rings. The van der Waals surface area contributed by atoms with Crippen molar-refractivity contribution in [1.29, 1.82) is 0 Å². The van der Waals surface area contributed by atoms with E-state index in [0.717, 1.165) is 51.4 Å². The molecule has 26 heavy (non-hydrogen) atoms. The minimum Gasteiger partial charge on any atom is -0.369 e. The van der Waals surface area contributed by atoms with Gasteiger partial charge in [-0.05, 0) is 12.8 Å². The number of primary amides is 2. The summed E-state index contributed by atoms with van der Waals surface area (Å²) >= 11 is 0. The van der Waals surface area contributed by atoms with Crippen molar-refractivity contribution in [1.82, 2.24) is 0 Å². The lowest BCUT2D eigenvalue weighted by atomic mass is 9.86. The molecule has 0 bridgehead atoms. The van der Waals surface area contributed by atoms with Crippen molar-refractivity contribution in [3.8, 4) is 0 Å². The first-order chi connectivity index (χ1) is 12.4. The van der Waals surface area contributed by atoms with Crippen LogP contribution in [0.4, 0.5) is 0 Å². The van der Waals surface area contributed by atoms with E-state index in [-0.39, 0.29) is 12.8 Å². The quantitative estimate of drug-likeness (QED) is 0.233. The van der Waals surface area contributed by atoms with Crippen molar-refractivity contribution in [2.45, 2.75) is 90.9 Å². The highest BCUT2D eigenvalue weighted by molar-refractivity contribution is 6.44. The van der Waals surface area contributed by atoms with Gasteiger partial charge in [-0.1, -0.05) is 78.1 Å². The summed E-state index contributed by atoms with van der Waals surface area (Å²) in [7, 11) is 0. The van der Waals surface area contributed by atoms with Gasteiger partial charge in [0.2, 0.25) is 23.4 Å². The number of ketones is 2. The lowest BCUT2D eigenvalue weighted by molar-refractivity contribution is -0.147. The van der Waals surface area contributed by atoms with Gasteiger partial charge in [-0.25, -0.2) is 0 Å². The van der Waals surface area contributed by atoms with Gasteiger partial charge < -0.3 is 11.5 Å². The second kappa shape index (κ2) is 14.4. The highest BCUT2D eigenvalue weighted by Gasteiger charge is 2.36. The Morgan fingerprint density at radius 1 is 0.577 bits per heavy atom. The summed E-state index contributed by atoms with van der Waals surface area (Å²) in [5.41, 5.74) is 10.6. The predicted molar refractivity (Wildman–Crippen MR) is 102 cm³/mol. The molecule has 4 N–H and O–H groups in total. The molecule has 0 heterocycles. The molecular weight excluding hydrogens is 332 g/mol. The molecule has 0 aliphatic heterocycles. The zero-order chi connectivity index (χ0) is 19.9. The standard InChI is InChI=1S/C20H36N2O4/c1-3-5-7-9-11-13-15(19(21)25)17(23)18(24)16(20(22)26)14-12-10-8-6-4-2/h15-16H,3-14H2,1-2H3,(H2,21,25)(H2,22,26). The summed E-state index contributed by atoms with van der Waals surface area (Å²) in [6.07, 6.45) is 10.0. The topological polar surface area (TPSA) is 120 Å². The monoisotopic (exact) mass is 368 g/mol. The number of nitrogens with two attached hydrogens (primary N) is 2. The van der Waals surface area contributed by atoms with Crippen LogP contribution in [-0.2, 0) is 19.2 Å². The largest absolute Gasteiger partial charge is 0.369 e. The van der Waals surface area contributed by atoms with Crippen molar-refractivity contribution in [3.05, 3.63) is 0 Å². The van der Waals surface area contributed by atoms with Gasteiger partial charge in [-0.3, -0.25) is 19.2 Å². The third kappa shape index (κ3) is 9.68. The number of carbonyl (C=O) groups excluding carboxylic acids is 4. The van der Waals surface area contributed by atoms with Crippen LogP contribution in [-0.4, -0.2) is 23.4 Å². The normalized spacial score (nSPS) is 13.2. The molecule has 2 atom stereocenters. The van der Waals surface area contributed by atoms with Crippen LogP contribution in [0.25, 0.3) is 0 Å². The Balaban J connectivity index is 4.69. The van der Waals surface area contributed by atoms with Crippen LogP contribution >= 0.6 is 0 Å². The molecule has 0 aromatic heterocycles. The highest BCUT2D eigenvalue weighted by atomic mass is 16.2. The Labute approximate surface area is 157 Å². The van der Waals surface area contributed by atoms with Gasteiger partial charge in [-0.15, -0.1) is 0 Å². The first-order valence-electron chi connectivity index (χ1n) is 10.0. The smallest absolute Gasteiger partial charge is 0.228 e. The van der Waals surface area contributed by atoms with Crippen molar-refractivity contribution in [3.63, 3.8) is 0 Å². The van der Waals surface area contributed by atoms with E-state index >= 15 is 0 Å². The number of hydrogen-bond donors (Lipinski definition) is 2. The average molecular weight is 369 g/mol. The fourth-order valence-electron chi connectivity index (χ4n) is 3.05. The Kier molecular flexibility index (Phi) is 13.5. The molecule has 0 rings (SSSR count). The molecule has 0 radical (unpaired) electrons. The zero-order valence-corrected chi connectivity index (χ0v) is 16.4. The summed E-state index contributed by atoms with van der Waals surface area (Å²) in [5.74, 6) is -5.61. The first-order valence-corrected chi connectivity index (χ1v) is 10.0. The van der Waals surface area contributed by atoms with E-state index in [1.807, 2.05) is 0 Å². The minimum absolute atomic E-state index is 0.256. The van der Waals surface area contributed by atoms with E-state index in [2.05, 4.69) is 13.8 Å². The molecule has 0 saturated carbocycles. The number of hydrogen-bond acceptors (Lipinski definition) is 4. The Hall–Kier alpha value is -1.72. The van der Waals surface area contributed by atoms with Gasteiger partial charge in [0.05, 0.1) is 0 Å². The summed E-state index contributed by atoms with van der Waals surface area (Å²) in [5, 5.41) is 0. The third-order valence-electron chi connectivity index (χ3n) is 4.76. The van der Waals surface area contributed by atoms with Crippen molar-refractivity contribution in [2.24, 2.45) is 23.3 Å². The van der Waals surface area contributed by atoms with Crippen molar-refractivity contribution in [2.75, 3.05) is 0 Å². The van der Waals surface area contributed by atoms with Crippen molar-refractivity contribution >= 4 is 23.4 Å². The van der Waals surface area contributed by atoms with Gasteiger partial charge in [0.25, 0.3) is 0 Å². The highest BCUT2D eigenvalue weighted by Crippen LogP contribution is 2.18. The summed E-state index contributed by atoms with van der Waals surface area (Å²) in [6, 6.07) is 0. The molecule has 2 amide bonds. The zero-order valence-electron chi connectivity index (χ0n) is 16.4. The summed E-state index contributed by atoms with van der Waals surface area (Å²) < 4.78 is 0. The number of Topliss-reactive ketones (excluding diaryl/α,β-unsaturated/α-hetero) is 2. The van der Waals surface area contributed by atoms with Crippen LogP contribution in [0.2, 0.25) is 0 Å². The summed E-state index contributed by atoms with van der Waals surface area (Å²) in [4.78, 5) is 48.1. The maximum Gasteiger partial charge on any atom is 0.228 e. The van der Waals surface area contributed by atoms with E-state index in [1.54, 1.807) is 0 Å². The number of rotatable bonds is 17. The molecular formula is C20H36N2O4. The van der Waals surface area contributed by atoms with E-state index in [9.17, 15) is 19.2 Å². The van der Waals surface area contributed by atoms with Crippen LogP contribution in [0.3, 0.4) is 0 Å². The Bertz CT molecular complexity index is 421. The molecule has 6 heteroatoms. The van der Waals surface area contributed by atoms with Gasteiger partial charge in [-0.2, -0.15) is 0 Å². The van der Waals surface area contributed by atoms with Crippen LogP contribution in [0, 0.1) is 11.8 Å².